The number of nitrogens with zero attached hydrogens (tertiary/aromatic N) is 3. The Morgan fingerprint density at radius 2 is 1.89 bits per heavy atom. The zero-order valence-electron chi connectivity index (χ0n) is 15.8. The molecule has 3 N–H and O–H groups in total. The average molecular weight is 367 g/mol. The Morgan fingerprint density at radius 3 is 2.78 bits per heavy atom. The Morgan fingerprint density at radius 1 is 1.04 bits per heavy atom. The van der Waals surface area contributed by atoms with Crippen LogP contribution in [0.3, 0.4) is 0 Å². The highest BCUT2D eigenvalue weighted by Crippen LogP contribution is 2.35. The lowest BCUT2D eigenvalue weighted by molar-refractivity contribution is 0.0308. The first-order valence-electron chi connectivity index (χ1n) is 10.4. The molecule has 1 saturated carbocycles. The van der Waals surface area contributed by atoms with Gasteiger partial charge >= 0.3 is 0 Å². The minimum Gasteiger partial charge on any atom is -0.380 e. The molecule has 144 valence electrons. The van der Waals surface area contributed by atoms with E-state index in [1.54, 1.807) is 12.4 Å². The lowest BCUT2D eigenvalue weighted by atomic mass is 9.91. The van der Waals surface area contributed by atoms with Gasteiger partial charge in [-0.15, -0.1) is 0 Å². The first-order valence-corrected chi connectivity index (χ1v) is 10.4. The SMILES string of the molecule is NC1CCC(Nc2cc(N3C[C@H]4CCCC3CO4)cc3nccnc23)CC1. The van der Waals surface area contributed by atoms with E-state index in [-0.39, 0.29) is 0 Å². The van der Waals surface area contributed by atoms with E-state index in [0.29, 0.717) is 24.2 Å². The molecule has 2 atom stereocenters. The standard InChI is InChI=1S/C21H29N5O/c22-14-4-6-15(7-5-14)25-20-11-17(10-19-21(20)24-9-8-23-19)26-12-18-3-1-2-16(26)13-27-18/h8-11,14-16,18,25H,1-7,12-13,22H2/t14?,15?,16?,18-/m1/s1. The fraction of sp³-hybridized carbons (Fsp3) is 0.619. The molecule has 1 unspecified atom stereocenters. The summed E-state index contributed by atoms with van der Waals surface area (Å²) < 4.78 is 6.01. The van der Waals surface area contributed by atoms with Crippen molar-refractivity contribution >= 4 is 22.4 Å². The Kier molecular flexibility index (Phi) is 4.61. The highest BCUT2D eigenvalue weighted by Gasteiger charge is 2.32. The maximum absolute atomic E-state index is 6.08. The van der Waals surface area contributed by atoms with Crippen LogP contribution in [0, 0.1) is 0 Å². The van der Waals surface area contributed by atoms with Crippen molar-refractivity contribution in [3.63, 3.8) is 0 Å². The molecule has 1 aliphatic carbocycles. The normalized spacial score (nSPS) is 31.1. The van der Waals surface area contributed by atoms with Gasteiger partial charge in [-0.05, 0) is 57.1 Å². The highest BCUT2D eigenvalue weighted by atomic mass is 16.5. The van der Waals surface area contributed by atoms with Crippen LogP contribution in [0.15, 0.2) is 24.5 Å². The summed E-state index contributed by atoms with van der Waals surface area (Å²) in [4.78, 5) is 11.8. The number of aromatic nitrogens is 2. The number of anilines is 2. The van der Waals surface area contributed by atoms with Crippen molar-refractivity contribution in [2.24, 2.45) is 5.73 Å². The van der Waals surface area contributed by atoms with Crippen LogP contribution < -0.4 is 16.0 Å². The van der Waals surface area contributed by atoms with Gasteiger partial charge in [0.1, 0.15) is 5.52 Å². The highest BCUT2D eigenvalue weighted by molar-refractivity contribution is 5.91. The van der Waals surface area contributed by atoms with Crippen LogP contribution in [-0.2, 0) is 4.74 Å². The fourth-order valence-electron chi connectivity index (χ4n) is 4.89. The Bertz CT molecular complexity index is 800. The monoisotopic (exact) mass is 367 g/mol. The van der Waals surface area contributed by atoms with Gasteiger partial charge in [0.15, 0.2) is 0 Å². The van der Waals surface area contributed by atoms with Crippen molar-refractivity contribution < 1.29 is 4.74 Å². The molecule has 1 aromatic carbocycles. The molecular formula is C21H29N5O. The summed E-state index contributed by atoms with van der Waals surface area (Å²) in [7, 11) is 0. The minimum atomic E-state index is 0.359. The van der Waals surface area contributed by atoms with Crippen LogP contribution >= 0.6 is 0 Å². The smallest absolute Gasteiger partial charge is 0.112 e. The first-order chi connectivity index (χ1) is 13.3. The second-order valence-corrected chi connectivity index (χ2v) is 8.37. The van der Waals surface area contributed by atoms with Crippen molar-refractivity contribution in [1.29, 1.82) is 0 Å². The molecule has 3 saturated heterocycles. The van der Waals surface area contributed by atoms with E-state index < -0.39 is 0 Å². The molecule has 27 heavy (non-hydrogen) atoms. The van der Waals surface area contributed by atoms with Gasteiger partial charge in [-0.2, -0.15) is 0 Å². The molecule has 4 heterocycles. The van der Waals surface area contributed by atoms with Crippen molar-refractivity contribution in [2.45, 2.75) is 69.2 Å². The van der Waals surface area contributed by atoms with E-state index in [1.165, 1.54) is 24.9 Å². The van der Waals surface area contributed by atoms with Crippen LogP contribution in [0.25, 0.3) is 11.0 Å². The minimum absolute atomic E-state index is 0.359. The maximum Gasteiger partial charge on any atom is 0.112 e. The zero-order valence-corrected chi connectivity index (χ0v) is 15.8. The Balaban J connectivity index is 1.48. The molecule has 0 amide bonds. The number of fused-ring (bicyclic) bond motifs is 5. The van der Waals surface area contributed by atoms with Crippen LogP contribution in [0.2, 0.25) is 0 Å². The summed E-state index contributed by atoms with van der Waals surface area (Å²) in [5, 5.41) is 3.77. The summed E-state index contributed by atoms with van der Waals surface area (Å²) >= 11 is 0. The number of hydrogen-bond donors (Lipinski definition) is 2. The molecule has 0 radical (unpaired) electrons. The molecule has 3 aliphatic heterocycles. The topological polar surface area (TPSA) is 76.3 Å². The van der Waals surface area contributed by atoms with E-state index in [2.05, 4.69) is 32.3 Å². The predicted molar refractivity (Wildman–Crippen MR) is 108 cm³/mol. The molecular weight excluding hydrogens is 338 g/mol. The number of benzene rings is 1. The first kappa shape index (κ1) is 17.2. The van der Waals surface area contributed by atoms with Gasteiger partial charge in [-0.25, -0.2) is 0 Å². The van der Waals surface area contributed by atoms with Crippen LogP contribution in [-0.4, -0.2) is 47.3 Å². The molecule has 4 fully saturated rings. The van der Waals surface area contributed by atoms with Crippen LogP contribution in [0.4, 0.5) is 11.4 Å². The van der Waals surface area contributed by atoms with Crippen LogP contribution in [0.1, 0.15) is 44.9 Å². The van der Waals surface area contributed by atoms with E-state index in [9.17, 15) is 0 Å². The molecule has 4 aliphatic rings. The molecule has 6 heteroatoms. The Hall–Kier alpha value is -1.92. The van der Waals surface area contributed by atoms with Gasteiger partial charge in [-0.3, -0.25) is 9.97 Å². The van der Waals surface area contributed by atoms with Crippen molar-refractivity contribution in [3.8, 4) is 0 Å². The van der Waals surface area contributed by atoms with Gasteiger partial charge in [0, 0.05) is 36.7 Å². The number of rotatable bonds is 3. The quantitative estimate of drug-likeness (QED) is 0.868. The van der Waals surface area contributed by atoms with Gasteiger partial charge in [0.25, 0.3) is 0 Å². The van der Waals surface area contributed by atoms with Crippen LogP contribution in [0.5, 0.6) is 0 Å². The second kappa shape index (κ2) is 7.24. The van der Waals surface area contributed by atoms with Crippen molar-refractivity contribution in [1.82, 2.24) is 9.97 Å². The summed E-state index contributed by atoms with van der Waals surface area (Å²) in [5.74, 6) is 0. The summed E-state index contributed by atoms with van der Waals surface area (Å²) in [5.41, 5.74) is 10.4. The molecule has 2 bridgehead atoms. The van der Waals surface area contributed by atoms with Crippen molar-refractivity contribution in [2.75, 3.05) is 23.4 Å². The second-order valence-electron chi connectivity index (χ2n) is 8.37. The van der Waals surface area contributed by atoms with Gasteiger partial charge in [-0.1, -0.05) is 0 Å². The molecule has 6 rings (SSSR count). The Labute approximate surface area is 160 Å². The van der Waals surface area contributed by atoms with Gasteiger partial charge < -0.3 is 20.7 Å². The van der Waals surface area contributed by atoms with E-state index in [1.807, 2.05) is 0 Å². The molecule has 1 aromatic heterocycles. The fourth-order valence-corrected chi connectivity index (χ4v) is 4.89. The number of hydrogen-bond acceptors (Lipinski definition) is 6. The summed E-state index contributed by atoms with van der Waals surface area (Å²) in [6.07, 6.45) is 12.0. The zero-order chi connectivity index (χ0) is 18.2. The third-order valence-corrected chi connectivity index (χ3v) is 6.45. The maximum atomic E-state index is 6.08. The number of nitrogens with two attached hydrogens (primary N) is 1. The van der Waals surface area contributed by atoms with Crippen molar-refractivity contribution in [3.05, 3.63) is 24.5 Å². The molecule has 0 spiro atoms. The molecule has 6 nitrogen and oxygen atoms in total. The predicted octanol–water partition coefficient (Wildman–Crippen LogP) is 3.07. The summed E-state index contributed by atoms with van der Waals surface area (Å²) in [6.45, 7) is 1.82. The third-order valence-electron chi connectivity index (χ3n) is 6.45. The van der Waals surface area contributed by atoms with Gasteiger partial charge in [0.05, 0.1) is 30.0 Å². The van der Waals surface area contributed by atoms with E-state index in [0.717, 1.165) is 55.6 Å². The average Bonchev–Trinajstić information content (AvgIpc) is 3.05. The number of nitrogens with one attached hydrogen (secondary N) is 1. The lowest BCUT2D eigenvalue weighted by Crippen LogP contribution is -2.47. The van der Waals surface area contributed by atoms with Gasteiger partial charge in [0.2, 0.25) is 0 Å². The largest absolute Gasteiger partial charge is 0.380 e. The lowest BCUT2D eigenvalue weighted by Gasteiger charge is -2.39. The third kappa shape index (κ3) is 3.48. The summed E-state index contributed by atoms with van der Waals surface area (Å²) in [6, 6.07) is 5.78. The number of ether oxygens (including phenoxy) is 1. The molecule has 2 aromatic rings. The van der Waals surface area contributed by atoms with E-state index >= 15 is 0 Å². The number of morpholine rings is 1. The van der Waals surface area contributed by atoms with E-state index in [4.69, 9.17) is 10.5 Å².